The van der Waals surface area contributed by atoms with Crippen LogP contribution in [0.5, 0.6) is 0 Å². The van der Waals surface area contributed by atoms with E-state index in [0.29, 0.717) is 61.2 Å². The van der Waals surface area contributed by atoms with Gasteiger partial charge in [0.15, 0.2) is 0 Å². The van der Waals surface area contributed by atoms with Crippen molar-refractivity contribution in [3.05, 3.63) is 38.1 Å². The van der Waals surface area contributed by atoms with E-state index < -0.39 is 17.4 Å². The maximum Gasteiger partial charge on any atom is 0.431 e. The van der Waals surface area contributed by atoms with Crippen molar-refractivity contribution >= 4 is 34.1 Å². The zero-order valence-corrected chi connectivity index (χ0v) is 19.4. The third-order valence-corrected chi connectivity index (χ3v) is 7.06. The molecule has 1 fully saturated rings. The minimum atomic E-state index is -4.70. The molecule has 4 rings (SSSR count). The Morgan fingerprint density at radius 3 is 2.71 bits per heavy atom. The number of nitrogens with one attached hydrogen (secondary N) is 4. The second kappa shape index (κ2) is 9.77. The highest BCUT2D eigenvalue weighted by molar-refractivity contribution is 7.17. The number of hydrogen-bond acceptors (Lipinski definition) is 6. The topological polar surface area (TPSA) is 116 Å². The normalized spacial score (nSPS) is 17.7. The van der Waals surface area contributed by atoms with Crippen molar-refractivity contribution < 1.29 is 22.8 Å². The Labute approximate surface area is 197 Å². The molecule has 0 bridgehead atoms. The van der Waals surface area contributed by atoms with Gasteiger partial charge in [-0.15, -0.1) is 11.3 Å². The van der Waals surface area contributed by atoms with Crippen molar-refractivity contribution in [3.63, 3.8) is 0 Å². The lowest BCUT2D eigenvalue weighted by Gasteiger charge is -2.24. The van der Waals surface area contributed by atoms with Crippen molar-refractivity contribution in [1.82, 2.24) is 15.3 Å². The van der Waals surface area contributed by atoms with Crippen molar-refractivity contribution in [3.8, 4) is 0 Å². The molecule has 8 nitrogen and oxygen atoms in total. The minimum Gasteiger partial charge on any atom is -0.353 e. The Kier molecular flexibility index (Phi) is 6.96. The van der Waals surface area contributed by atoms with Crippen LogP contribution < -0.4 is 21.5 Å². The summed E-state index contributed by atoms with van der Waals surface area (Å²) in [4.78, 5) is 43.7. The smallest absolute Gasteiger partial charge is 0.353 e. The van der Waals surface area contributed by atoms with Crippen molar-refractivity contribution in [1.29, 1.82) is 0 Å². The number of hydrogen-bond donors (Lipinski definition) is 4. The molecule has 2 amide bonds. The zero-order chi connectivity index (χ0) is 24.5. The Morgan fingerprint density at radius 1 is 1.26 bits per heavy atom. The summed E-state index contributed by atoms with van der Waals surface area (Å²) in [7, 11) is 0. The number of halogens is 3. The molecule has 1 unspecified atom stereocenters. The van der Waals surface area contributed by atoms with Crippen LogP contribution in [-0.4, -0.2) is 34.4 Å². The molecule has 0 saturated heterocycles. The summed E-state index contributed by atoms with van der Waals surface area (Å²) in [5, 5.41) is 9.21. The van der Waals surface area contributed by atoms with Gasteiger partial charge in [0.1, 0.15) is 10.7 Å². The number of alkyl halides is 3. The molecule has 12 heteroatoms. The van der Waals surface area contributed by atoms with Gasteiger partial charge in [-0.05, 0) is 50.0 Å². The van der Waals surface area contributed by atoms with E-state index in [1.54, 1.807) is 0 Å². The quantitative estimate of drug-likeness (QED) is 0.444. The number of aromatic nitrogens is 2. The molecule has 1 atom stereocenters. The molecule has 2 aromatic rings. The Balaban J connectivity index is 1.57. The van der Waals surface area contributed by atoms with Crippen LogP contribution in [0.3, 0.4) is 0 Å². The highest BCUT2D eigenvalue weighted by atomic mass is 32.1. The summed E-state index contributed by atoms with van der Waals surface area (Å²) < 4.78 is 39.2. The first-order valence-corrected chi connectivity index (χ1v) is 12.1. The molecule has 4 N–H and O–H groups in total. The summed E-state index contributed by atoms with van der Waals surface area (Å²) in [6, 6.07) is 0.0688. The van der Waals surface area contributed by atoms with Gasteiger partial charge < -0.3 is 20.9 Å². The fraction of sp³-hybridized carbons (Fsp3) is 0.545. The largest absolute Gasteiger partial charge is 0.431 e. The monoisotopic (exact) mass is 497 g/mol. The number of aryl methyl sites for hydroxylation is 1. The Hall–Kier alpha value is -2.89. The van der Waals surface area contributed by atoms with E-state index in [9.17, 15) is 27.6 Å². The number of amides is 2. The van der Waals surface area contributed by atoms with E-state index in [-0.39, 0.29) is 23.8 Å². The van der Waals surface area contributed by atoms with Crippen LogP contribution in [0, 0.1) is 5.92 Å². The van der Waals surface area contributed by atoms with E-state index in [2.05, 4.69) is 25.9 Å². The van der Waals surface area contributed by atoms with E-state index in [1.165, 1.54) is 11.3 Å². The number of carbonyl (C=O) groups is 2. The number of nitrogens with zero attached hydrogens (tertiary/aromatic N) is 1. The lowest BCUT2D eigenvalue weighted by atomic mass is 9.91. The molecule has 2 aliphatic rings. The van der Waals surface area contributed by atoms with Crippen molar-refractivity contribution in [2.75, 3.05) is 17.2 Å². The van der Waals surface area contributed by atoms with Crippen LogP contribution in [0.2, 0.25) is 0 Å². The fourth-order valence-corrected chi connectivity index (χ4v) is 5.23. The molecule has 0 aliphatic heterocycles. The van der Waals surface area contributed by atoms with Crippen LogP contribution in [0.4, 0.5) is 24.1 Å². The summed E-state index contributed by atoms with van der Waals surface area (Å²) in [5.41, 5.74) is -0.991. The van der Waals surface area contributed by atoms with Gasteiger partial charge in [0, 0.05) is 30.0 Å². The van der Waals surface area contributed by atoms with Crippen molar-refractivity contribution in [2.24, 2.45) is 5.92 Å². The summed E-state index contributed by atoms with van der Waals surface area (Å²) >= 11 is 1.37. The number of fused-ring (bicyclic) bond motifs is 1. The van der Waals surface area contributed by atoms with E-state index in [0.717, 1.165) is 23.3 Å². The summed E-state index contributed by atoms with van der Waals surface area (Å²) in [6.07, 6.45) is -0.0383. The van der Waals surface area contributed by atoms with Gasteiger partial charge in [0.25, 0.3) is 11.5 Å². The molecule has 1 saturated carbocycles. The predicted octanol–water partition coefficient (Wildman–Crippen LogP) is 3.70. The van der Waals surface area contributed by atoms with Crippen LogP contribution in [-0.2, 0) is 23.8 Å². The molecule has 2 heterocycles. The number of anilines is 2. The van der Waals surface area contributed by atoms with Crippen LogP contribution in [0.25, 0.3) is 0 Å². The Morgan fingerprint density at radius 2 is 2.03 bits per heavy atom. The zero-order valence-electron chi connectivity index (χ0n) is 18.6. The number of aromatic amines is 1. The van der Waals surface area contributed by atoms with E-state index in [1.807, 2.05) is 6.92 Å². The minimum absolute atomic E-state index is 0.169. The molecule has 0 aromatic carbocycles. The van der Waals surface area contributed by atoms with Gasteiger partial charge in [-0.25, -0.2) is 0 Å². The maximum absolute atomic E-state index is 13.1. The highest BCUT2D eigenvalue weighted by Crippen LogP contribution is 2.39. The number of carbonyl (C=O) groups excluding carboxylic acids is 2. The number of rotatable bonds is 8. The van der Waals surface area contributed by atoms with Crippen molar-refractivity contribution in [2.45, 2.75) is 64.1 Å². The lowest BCUT2D eigenvalue weighted by Crippen LogP contribution is -2.32. The second-order valence-electron chi connectivity index (χ2n) is 8.72. The van der Waals surface area contributed by atoms with E-state index in [4.69, 9.17) is 0 Å². The molecular weight excluding hydrogens is 471 g/mol. The third kappa shape index (κ3) is 5.78. The number of H-pyrrole nitrogens is 1. The second-order valence-corrected chi connectivity index (χ2v) is 9.83. The molecule has 34 heavy (non-hydrogen) atoms. The molecule has 2 aliphatic carbocycles. The average molecular weight is 498 g/mol. The molecule has 2 aromatic heterocycles. The average Bonchev–Trinajstić information content (AvgIpc) is 3.51. The van der Waals surface area contributed by atoms with Gasteiger partial charge in [-0.2, -0.15) is 18.2 Å². The summed E-state index contributed by atoms with van der Waals surface area (Å²) in [6.45, 7) is 2.47. The lowest BCUT2D eigenvalue weighted by molar-refractivity contribution is -0.141. The van der Waals surface area contributed by atoms with Gasteiger partial charge in [-0.1, -0.05) is 6.92 Å². The Bertz CT molecular complexity index is 1140. The SMILES string of the molecule is CCCC(=O)Nc1sc2c(c1C(=O)NCC1CC1)CC(Nc1nc(=O)cc(C(F)(F)F)[nH]1)CC2. The van der Waals surface area contributed by atoms with Crippen LogP contribution in [0.1, 0.15) is 65.5 Å². The van der Waals surface area contributed by atoms with Crippen LogP contribution >= 0.6 is 11.3 Å². The summed E-state index contributed by atoms with van der Waals surface area (Å²) in [5.74, 6) is -0.213. The fourth-order valence-electron chi connectivity index (χ4n) is 3.97. The number of thiophene rings is 1. The third-order valence-electron chi connectivity index (χ3n) is 5.86. The molecular formula is C22H26F3N5O3S. The first-order valence-electron chi connectivity index (χ1n) is 11.3. The molecule has 184 valence electrons. The maximum atomic E-state index is 13.1. The molecule has 0 spiro atoms. The van der Waals surface area contributed by atoms with Crippen LogP contribution in [0.15, 0.2) is 10.9 Å². The van der Waals surface area contributed by atoms with Gasteiger partial charge in [0.05, 0.1) is 5.56 Å². The first kappa shape index (κ1) is 24.2. The molecule has 0 radical (unpaired) electrons. The first-order chi connectivity index (χ1) is 16.1. The van der Waals surface area contributed by atoms with Gasteiger partial charge in [-0.3, -0.25) is 14.4 Å². The highest BCUT2D eigenvalue weighted by Gasteiger charge is 2.34. The predicted molar refractivity (Wildman–Crippen MR) is 122 cm³/mol. The van der Waals surface area contributed by atoms with E-state index >= 15 is 0 Å². The van der Waals surface area contributed by atoms with Gasteiger partial charge in [0.2, 0.25) is 11.9 Å². The standard InChI is InChI=1S/C22H26F3N5O3S/c1-2-3-16(31)29-20-18(19(33)26-10-11-4-5-11)13-8-12(6-7-14(13)34-20)27-21-28-15(22(23,24)25)9-17(32)30-21/h9,11-12H,2-8,10H2,1H3,(H,26,33)(H,29,31)(H2,27,28,30,32). The van der Waals surface area contributed by atoms with Gasteiger partial charge >= 0.3 is 6.18 Å².